The summed E-state index contributed by atoms with van der Waals surface area (Å²) in [6, 6.07) is 7.27. The number of nitrogens with zero attached hydrogens (tertiary/aromatic N) is 7. The lowest BCUT2D eigenvalue weighted by molar-refractivity contribution is -0.136. The minimum atomic E-state index is -1.10. The number of aromatic nitrogens is 2. The Bertz CT molecular complexity index is 2320. The number of fused-ring (bicyclic) bond motifs is 4. The number of anilines is 2. The number of imide groups is 2. The van der Waals surface area contributed by atoms with Gasteiger partial charge in [-0.3, -0.25) is 39.1 Å². The molecule has 2 saturated carbocycles. The van der Waals surface area contributed by atoms with Gasteiger partial charge < -0.3 is 19.9 Å². The number of benzene rings is 2. The maximum Gasteiger partial charge on any atom is 0.271 e. The third-order valence-electron chi connectivity index (χ3n) is 13.5. The van der Waals surface area contributed by atoms with Gasteiger partial charge in [-0.05, 0) is 80.5 Å². The first-order valence-corrected chi connectivity index (χ1v) is 20.7. The molecule has 0 spiro atoms. The van der Waals surface area contributed by atoms with Crippen LogP contribution in [0, 0.1) is 30.1 Å². The Labute approximate surface area is 344 Å². The molecule has 10 rings (SSSR count). The summed E-state index contributed by atoms with van der Waals surface area (Å²) in [5, 5.41) is 5.66. The predicted molar refractivity (Wildman–Crippen MR) is 211 cm³/mol. The molecule has 7 aliphatic rings. The molecule has 0 radical (unpaired) electrons. The van der Waals surface area contributed by atoms with Crippen LogP contribution in [0.25, 0.3) is 4.85 Å². The Kier molecular flexibility index (Phi) is 9.28. The van der Waals surface area contributed by atoms with Crippen molar-refractivity contribution in [3.8, 4) is 5.75 Å². The Hall–Kier alpha value is -5.66. The number of piperazine rings is 1. The molecule has 3 aromatic rings. The van der Waals surface area contributed by atoms with E-state index in [2.05, 4.69) is 35.2 Å². The first-order chi connectivity index (χ1) is 28.5. The molecule has 2 N–H and O–H groups in total. The van der Waals surface area contributed by atoms with Crippen LogP contribution in [0.15, 0.2) is 42.7 Å². The summed E-state index contributed by atoms with van der Waals surface area (Å²) in [6.45, 7) is 11.2. The molecule has 1 aromatic heterocycles. The van der Waals surface area contributed by atoms with Gasteiger partial charge >= 0.3 is 0 Å². The number of likely N-dealkylation sites (tertiary alicyclic amines) is 1. The van der Waals surface area contributed by atoms with E-state index in [9.17, 15) is 24.0 Å². The fourth-order valence-corrected chi connectivity index (χ4v) is 10.6. The molecule has 6 atom stereocenters. The molecule has 6 fully saturated rings. The van der Waals surface area contributed by atoms with Crippen molar-refractivity contribution in [2.45, 2.75) is 75.2 Å². The van der Waals surface area contributed by atoms with Gasteiger partial charge in [-0.1, -0.05) is 17.7 Å². The molecule has 5 aliphatic heterocycles. The second-order valence-corrected chi connectivity index (χ2v) is 17.3. The maximum absolute atomic E-state index is 15.5. The van der Waals surface area contributed by atoms with E-state index in [1.54, 1.807) is 30.6 Å². The van der Waals surface area contributed by atoms with Crippen LogP contribution in [0.5, 0.6) is 5.75 Å². The first-order valence-electron chi connectivity index (χ1n) is 20.3. The highest BCUT2D eigenvalue weighted by Crippen LogP contribution is 2.54. The highest BCUT2D eigenvalue weighted by atomic mass is 35.5. The van der Waals surface area contributed by atoms with Crippen molar-refractivity contribution in [2.24, 2.45) is 17.8 Å². The lowest BCUT2D eigenvalue weighted by atomic mass is 9.93. The van der Waals surface area contributed by atoms with Crippen molar-refractivity contribution < 1.29 is 33.1 Å². The van der Waals surface area contributed by atoms with Crippen molar-refractivity contribution >= 4 is 58.3 Å². The number of carbonyl (C=O) groups excluding carboxylic acids is 5. The lowest BCUT2D eigenvalue weighted by Gasteiger charge is -2.35. The Morgan fingerprint density at radius 1 is 0.949 bits per heavy atom. The van der Waals surface area contributed by atoms with E-state index in [0.29, 0.717) is 65.1 Å². The standard InChI is InChI=1S/C42H41ClFN9O6/c1-45-33-7-6-25(11-31(33)43)59-24-4-2-21(3-5-24)48-39(55)34-14-47-37(15-46-34)52-17-22-10-23(52)16-50(22)18-28-29-19-51(20-30(28)29)36-13-27-26(12-32(36)44)41(57)53(42(27)58)35-8-9-38(54)49-40(35)56/h6-7,11-15,21-24,28-30,35H,2-5,8-10,16-20H2,(H,48,55)(H,49,54,56)/t21?,22?,23?,24?,28?,29-,30+,35?. The second-order valence-electron chi connectivity index (χ2n) is 16.9. The van der Waals surface area contributed by atoms with Crippen LogP contribution in [-0.2, 0) is 9.59 Å². The number of nitrogens with one attached hydrogen (secondary N) is 2. The number of ether oxygens (including phenoxy) is 1. The molecule has 4 saturated heterocycles. The molecule has 2 bridgehead atoms. The number of hydrogen-bond donors (Lipinski definition) is 2. The van der Waals surface area contributed by atoms with Crippen LogP contribution in [0.1, 0.15) is 76.2 Å². The minimum absolute atomic E-state index is 0.0122. The van der Waals surface area contributed by atoms with Gasteiger partial charge in [-0.25, -0.2) is 19.2 Å². The van der Waals surface area contributed by atoms with Crippen LogP contribution in [0.3, 0.4) is 0 Å². The average Bonchev–Trinajstić information content (AvgIpc) is 3.70. The van der Waals surface area contributed by atoms with Gasteiger partial charge in [0, 0.05) is 57.3 Å². The Morgan fingerprint density at radius 2 is 1.71 bits per heavy atom. The molecule has 17 heteroatoms. The largest absolute Gasteiger partial charge is 0.490 e. The van der Waals surface area contributed by atoms with Gasteiger partial charge in [-0.2, -0.15) is 0 Å². The number of piperidine rings is 2. The molecule has 5 amide bonds. The molecular weight excluding hydrogens is 781 g/mol. The van der Waals surface area contributed by atoms with E-state index >= 15 is 4.39 Å². The van der Waals surface area contributed by atoms with Gasteiger partial charge in [0.2, 0.25) is 17.5 Å². The Morgan fingerprint density at radius 3 is 2.37 bits per heavy atom. The van der Waals surface area contributed by atoms with Crippen LogP contribution in [0.4, 0.5) is 21.6 Å². The van der Waals surface area contributed by atoms with Crippen LogP contribution < -0.4 is 25.2 Å². The van der Waals surface area contributed by atoms with Crippen molar-refractivity contribution in [1.29, 1.82) is 0 Å². The Balaban J connectivity index is 0.682. The topological polar surface area (TPSA) is 162 Å². The quantitative estimate of drug-likeness (QED) is 0.237. The van der Waals surface area contributed by atoms with Crippen molar-refractivity contribution in [2.75, 3.05) is 42.5 Å². The highest BCUT2D eigenvalue weighted by Gasteiger charge is 2.58. The van der Waals surface area contributed by atoms with Crippen LogP contribution in [0.2, 0.25) is 5.02 Å². The van der Waals surface area contributed by atoms with Crippen molar-refractivity contribution in [1.82, 2.24) is 30.4 Å². The smallest absolute Gasteiger partial charge is 0.271 e. The zero-order valence-corrected chi connectivity index (χ0v) is 32.7. The molecular formula is C42H41ClFN9O6. The van der Waals surface area contributed by atoms with Crippen molar-refractivity contribution in [3.63, 3.8) is 0 Å². The number of halogens is 2. The molecule has 59 heavy (non-hydrogen) atoms. The van der Waals surface area contributed by atoms with Crippen molar-refractivity contribution in [3.05, 3.63) is 81.8 Å². The normalized spacial score (nSPS) is 29.7. The van der Waals surface area contributed by atoms with Crippen LogP contribution >= 0.6 is 11.6 Å². The molecule has 4 unspecified atom stereocenters. The number of amides is 5. The summed E-state index contributed by atoms with van der Waals surface area (Å²) in [5.41, 5.74) is 1.01. The summed E-state index contributed by atoms with van der Waals surface area (Å²) in [7, 11) is 0. The van der Waals surface area contributed by atoms with E-state index in [-0.39, 0.29) is 47.7 Å². The number of carbonyl (C=O) groups is 5. The van der Waals surface area contributed by atoms with E-state index in [1.807, 2.05) is 4.90 Å². The maximum atomic E-state index is 15.5. The van der Waals surface area contributed by atoms with Gasteiger partial charge in [0.05, 0.1) is 46.9 Å². The summed E-state index contributed by atoms with van der Waals surface area (Å²) < 4.78 is 21.6. The SMILES string of the molecule is [C-]#[N+]c1ccc(OC2CCC(NC(=O)c3cnc(N4CC5CC4CN5CC4[C@H]5CN(c6cc7c(cc6F)C(=O)N(C6CCC(=O)NC6=O)C7=O)C[C@@H]45)cn3)CC2)cc1Cl. The van der Waals surface area contributed by atoms with E-state index < -0.39 is 35.5 Å². The zero-order valence-electron chi connectivity index (χ0n) is 32.0. The fourth-order valence-electron chi connectivity index (χ4n) is 10.4. The highest BCUT2D eigenvalue weighted by molar-refractivity contribution is 6.33. The lowest BCUT2D eigenvalue weighted by Crippen LogP contribution is -2.54. The molecule has 2 aromatic carbocycles. The van der Waals surface area contributed by atoms with E-state index in [0.717, 1.165) is 68.5 Å². The minimum Gasteiger partial charge on any atom is -0.490 e. The summed E-state index contributed by atoms with van der Waals surface area (Å²) in [5.74, 6) is -0.568. The first kappa shape index (κ1) is 37.6. The molecule has 304 valence electrons. The zero-order chi connectivity index (χ0) is 40.7. The molecule has 15 nitrogen and oxygen atoms in total. The third kappa shape index (κ3) is 6.73. The average molecular weight is 822 g/mol. The number of hydrogen-bond acceptors (Lipinski definition) is 11. The molecule has 6 heterocycles. The summed E-state index contributed by atoms with van der Waals surface area (Å²) in [4.78, 5) is 83.8. The summed E-state index contributed by atoms with van der Waals surface area (Å²) >= 11 is 6.16. The van der Waals surface area contributed by atoms with E-state index in [1.165, 1.54) is 6.07 Å². The summed E-state index contributed by atoms with van der Waals surface area (Å²) in [6.07, 6.45) is 7.48. The van der Waals surface area contributed by atoms with Gasteiger partial charge in [-0.15, -0.1) is 0 Å². The number of rotatable bonds is 9. The van der Waals surface area contributed by atoms with Gasteiger partial charge in [0.15, 0.2) is 0 Å². The monoisotopic (exact) mass is 821 g/mol. The van der Waals surface area contributed by atoms with Crippen LogP contribution in [-0.4, -0.2) is 112 Å². The van der Waals surface area contributed by atoms with Gasteiger partial charge in [0.1, 0.15) is 29.1 Å². The third-order valence-corrected chi connectivity index (χ3v) is 13.8. The van der Waals surface area contributed by atoms with E-state index in [4.69, 9.17) is 22.9 Å². The molecule has 2 aliphatic carbocycles. The second kappa shape index (κ2) is 14.6. The predicted octanol–water partition coefficient (Wildman–Crippen LogP) is 3.99. The fraction of sp³-hybridized carbons (Fsp3) is 0.476. The van der Waals surface area contributed by atoms with Gasteiger partial charge in [0.25, 0.3) is 17.7 Å².